The molecular weight excluding hydrogens is 478 g/mol. The normalized spacial score (nSPS) is 10.8. The van der Waals surface area contributed by atoms with E-state index in [9.17, 15) is 14.4 Å². The molecule has 0 atom stereocenters. The Kier molecular flexibility index (Phi) is 8.83. The van der Waals surface area contributed by atoms with Gasteiger partial charge in [-0.2, -0.15) is 0 Å². The minimum Gasteiger partial charge on any atom is -0.465 e. The van der Waals surface area contributed by atoms with E-state index in [2.05, 4.69) is 25.6 Å². The Hall–Kier alpha value is -3.63. The zero-order chi connectivity index (χ0) is 24.5. The minimum atomic E-state index is -0.445. The van der Waals surface area contributed by atoms with Gasteiger partial charge in [-0.05, 0) is 42.0 Å². The summed E-state index contributed by atoms with van der Waals surface area (Å²) in [5, 5.41) is 14.7. The number of hydrogen-bond acceptors (Lipinski definition) is 7. The average Bonchev–Trinajstić information content (AvgIpc) is 3.20. The monoisotopic (exact) mass is 499 g/mol. The molecule has 176 valence electrons. The van der Waals surface area contributed by atoms with Crippen LogP contribution in [0.4, 0.5) is 5.69 Å². The van der Waals surface area contributed by atoms with Crippen LogP contribution in [0.1, 0.15) is 21.7 Å². The highest BCUT2D eigenvalue weighted by molar-refractivity contribution is 7.99. The van der Waals surface area contributed by atoms with E-state index in [1.54, 1.807) is 48.0 Å². The highest BCUT2D eigenvalue weighted by atomic mass is 35.5. The van der Waals surface area contributed by atoms with E-state index in [4.69, 9.17) is 11.6 Å². The second-order valence-corrected chi connectivity index (χ2v) is 8.29. The fourth-order valence-corrected chi connectivity index (χ4v) is 3.69. The zero-order valence-corrected chi connectivity index (χ0v) is 20.0. The van der Waals surface area contributed by atoms with Gasteiger partial charge in [0.05, 0.1) is 25.0 Å². The molecule has 0 saturated carbocycles. The smallest absolute Gasteiger partial charge is 0.337 e. The highest BCUT2D eigenvalue weighted by Crippen LogP contribution is 2.18. The van der Waals surface area contributed by atoms with E-state index in [1.807, 2.05) is 18.2 Å². The number of carbonyl (C=O) groups excluding carboxylic acids is 3. The number of nitrogens with one attached hydrogen (secondary N) is 2. The molecule has 3 rings (SSSR count). The molecule has 0 spiro atoms. The van der Waals surface area contributed by atoms with Crippen molar-refractivity contribution < 1.29 is 19.1 Å². The van der Waals surface area contributed by atoms with Gasteiger partial charge in [0.2, 0.25) is 11.8 Å². The lowest BCUT2D eigenvalue weighted by Crippen LogP contribution is -2.22. The van der Waals surface area contributed by atoms with Crippen molar-refractivity contribution in [1.82, 2.24) is 20.1 Å². The molecule has 11 heteroatoms. The van der Waals surface area contributed by atoms with E-state index >= 15 is 0 Å². The second kappa shape index (κ2) is 12.0. The molecule has 1 heterocycles. The van der Waals surface area contributed by atoms with Crippen molar-refractivity contribution in [2.45, 2.75) is 11.7 Å². The summed E-state index contributed by atoms with van der Waals surface area (Å²) in [4.78, 5) is 35.8. The van der Waals surface area contributed by atoms with Crippen LogP contribution < -0.4 is 10.6 Å². The maximum atomic E-state index is 12.3. The quantitative estimate of drug-likeness (QED) is 0.263. The summed E-state index contributed by atoms with van der Waals surface area (Å²) in [6.07, 6.45) is 3.03. The molecular formula is C23H22ClN5O4S. The van der Waals surface area contributed by atoms with E-state index in [0.29, 0.717) is 27.3 Å². The van der Waals surface area contributed by atoms with Gasteiger partial charge >= 0.3 is 5.97 Å². The molecule has 0 bridgehead atoms. The van der Waals surface area contributed by atoms with Gasteiger partial charge in [-0.3, -0.25) is 9.59 Å². The Morgan fingerprint density at radius 3 is 2.56 bits per heavy atom. The van der Waals surface area contributed by atoms with Crippen molar-refractivity contribution >= 4 is 52.9 Å². The van der Waals surface area contributed by atoms with Crippen LogP contribution in [0, 0.1) is 0 Å². The fourth-order valence-electron chi connectivity index (χ4n) is 2.76. The summed E-state index contributed by atoms with van der Waals surface area (Å²) >= 11 is 7.28. The van der Waals surface area contributed by atoms with E-state index in [-0.39, 0.29) is 24.1 Å². The standard InChI is InChI=1S/C23H22ClN5O4S/c1-29-19(13-25-20(30)12-9-15-5-3-4-6-18(15)24)27-28-23(29)34-14-21(31)26-17-10-7-16(8-11-17)22(32)33-2/h3-12H,13-14H2,1-2H3,(H,25,30)(H,26,31)/b12-9+. The Balaban J connectivity index is 1.47. The summed E-state index contributed by atoms with van der Waals surface area (Å²) in [6, 6.07) is 13.6. The lowest BCUT2D eigenvalue weighted by molar-refractivity contribution is -0.116. The predicted molar refractivity (Wildman–Crippen MR) is 130 cm³/mol. The van der Waals surface area contributed by atoms with Crippen LogP contribution in [0.3, 0.4) is 0 Å². The fraction of sp³-hybridized carbons (Fsp3) is 0.174. The van der Waals surface area contributed by atoms with Crippen molar-refractivity contribution in [3.63, 3.8) is 0 Å². The maximum Gasteiger partial charge on any atom is 0.337 e. The molecule has 0 fully saturated rings. The number of nitrogens with zero attached hydrogens (tertiary/aromatic N) is 3. The summed E-state index contributed by atoms with van der Waals surface area (Å²) < 4.78 is 6.36. The molecule has 0 radical (unpaired) electrons. The lowest BCUT2D eigenvalue weighted by atomic mass is 10.2. The van der Waals surface area contributed by atoms with E-state index in [1.165, 1.54) is 24.9 Å². The first kappa shape index (κ1) is 25.0. The number of thioether (sulfide) groups is 1. The van der Waals surface area contributed by atoms with Crippen molar-refractivity contribution in [2.75, 3.05) is 18.2 Å². The first-order valence-corrected chi connectivity index (χ1v) is 11.4. The summed E-state index contributed by atoms with van der Waals surface area (Å²) in [7, 11) is 3.06. The Labute approximate surface area is 205 Å². The van der Waals surface area contributed by atoms with E-state index < -0.39 is 5.97 Å². The second-order valence-electron chi connectivity index (χ2n) is 6.94. The van der Waals surface area contributed by atoms with Gasteiger partial charge in [-0.1, -0.05) is 41.6 Å². The number of carbonyl (C=O) groups is 3. The summed E-state index contributed by atoms with van der Waals surface area (Å²) in [5.74, 6) is -0.328. The number of anilines is 1. The van der Waals surface area contributed by atoms with Crippen LogP contribution >= 0.6 is 23.4 Å². The third-order valence-corrected chi connectivity index (χ3v) is 5.95. The summed E-state index contributed by atoms with van der Waals surface area (Å²) in [6.45, 7) is 0.175. The number of ether oxygens (including phenoxy) is 1. The highest BCUT2D eigenvalue weighted by Gasteiger charge is 2.13. The molecule has 2 amide bonds. The molecule has 9 nitrogen and oxygen atoms in total. The molecule has 0 saturated heterocycles. The van der Waals surface area contributed by atoms with Crippen molar-refractivity contribution in [2.24, 2.45) is 7.05 Å². The Morgan fingerprint density at radius 1 is 1.12 bits per heavy atom. The van der Waals surface area contributed by atoms with Crippen LogP contribution in [0.15, 0.2) is 59.8 Å². The Morgan fingerprint density at radius 2 is 1.85 bits per heavy atom. The van der Waals surface area contributed by atoms with Gasteiger partial charge in [-0.15, -0.1) is 10.2 Å². The van der Waals surface area contributed by atoms with Gasteiger partial charge in [0, 0.05) is 23.8 Å². The Bertz CT molecular complexity index is 1210. The lowest BCUT2D eigenvalue weighted by Gasteiger charge is -2.07. The van der Waals surface area contributed by atoms with Gasteiger partial charge < -0.3 is 19.9 Å². The van der Waals surface area contributed by atoms with Gasteiger partial charge in [-0.25, -0.2) is 4.79 Å². The number of esters is 1. The number of rotatable bonds is 9. The van der Waals surface area contributed by atoms with Gasteiger partial charge in [0.1, 0.15) is 0 Å². The molecule has 34 heavy (non-hydrogen) atoms. The SMILES string of the molecule is COC(=O)c1ccc(NC(=O)CSc2nnc(CNC(=O)/C=C/c3ccccc3Cl)n2C)cc1. The van der Waals surface area contributed by atoms with Gasteiger partial charge in [0.25, 0.3) is 0 Å². The number of amides is 2. The third-order valence-electron chi connectivity index (χ3n) is 4.59. The first-order valence-electron chi connectivity index (χ1n) is 10.1. The van der Waals surface area contributed by atoms with Crippen LogP contribution in [-0.2, 0) is 27.9 Å². The zero-order valence-electron chi connectivity index (χ0n) is 18.4. The predicted octanol–water partition coefficient (Wildman–Crippen LogP) is 3.32. The van der Waals surface area contributed by atoms with Gasteiger partial charge in [0.15, 0.2) is 11.0 Å². The molecule has 0 aliphatic carbocycles. The number of aromatic nitrogens is 3. The van der Waals surface area contributed by atoms with Crippen LogP contribution in [0.25, 0.3) is 6.08 Å². The number of methoxy groups -OCH3 is 1. The van der Waals surface area contributed by atoms with Crippen molar-refractivity contribution in [1.29, 1.82) is 0 Å². The van der Waals surface area contributed by atoms with Crippen molar-refractivity contribution in [3.8, 4) is 0 Å². The third kappa shape index (κ3) is 6.93. The topological polar surface area (TPSA) is 115 Å². The summed E-state index contributed by atoms with van der Waals surface area (Å²) in [5.41, 5.74) is 1.70. The molecule has 0 aliphatic rings. The van der Waals surface area contributed by atoms with Crippen molar-refractivity contribution in [3.05, 3.63) is 76.6 Å². The van der Waals surface area contributed by atoms with E-state index in [0.717, 1.165) is 5.56 Å². The molecule has 1 aromatic heterocycles. The average molecular weight is 500 g/mol. The van der Waals surface area contributed by atoms with Crippen LogP contribution in [0.2, 0.25) is 5.02 Å². The number of hydrogen-bond donors (Lipinski definition) is 2. The molecule has 3 aromatic rings. The largest absolute Gasteiger partial charge is 0.465 e. The van der Waals surface area contributed by atoms with Crippen LogP contribution in [-0.4, -0.2) is 45.4 Å². The maximum absolute atomic E-state index is 12.3. The molecule has 2 aromatic carbocycles. The minimum absolute atomic E-state index is 0.109. The number of benzene rings is 2. The van der Waals surface area contributed by atoms with Crippen LogP contribution in [0.5, 0.6) is 0 Å². The number of halogens is 1. The molecule has 2 N–H and O–H groups in total. The molecule has 0 aliphatic heterocycles. The first-order chi connectivity index (χ1) is 16.4. The molecule has 0 unspecified atom stereocenters.